The van der Waals surface area contributed by atoms with E-state index in [1.807, 2.05) is 32.0 Å². The van der Waals surface area contributed by atoms with Crippen LogP contribution in [0.3, 0.4) is 0 Å². The summed E-state index contributed by atoms with van der Waals surface area (Å²) in [7, 11) is 0. The molecular weight excluding hydrogens is 228 g/mol. The lowest BCUT2D eigenvalue weighted by Crippen LogP contribution is -2.40. The van der Waals surface area contributed by atoms with Crippen molar-refractivity contribution in [3.05, 3.63) is 29.3 Å². The van der Waals surface area contributed by atoms with Crippen LogP contribution in [-0.2, 0) is 9.53 Å². The summed E-state index contributed by atoms with van der Waals surface area (Å²) in [6, 6.07) is 5.93. The molecule has 1 aliphatic heterocycles. The van der Waals surface area contributed by atoms with Gasteiger partial charge in [-0.1, -0.05) is 12.1 Å². The molecule has 0 saturated carbocycles. The Labute approximate surface area is 108 Å². The second-order valence-electron chi connectivity index (χ2n) is 4.70. The summed E-state index contributed by atoms with van der Waals surface area (Å²) in [4.78, 5) is 11.9. The lowest BCUT2D eigenvalue weighted by molar-refractivity contribution is -0.119. The number of carbonyl (C=O) groups excluding carboxylic acids is 1. The van der Waals surface area contributed by atoms with Gasteiger partial charge in [-0.3, -0.25) is 4.79 Å². The van der Waals surface area contributed by atoms with Crippen LogP contribution in [0.4, 0.5) is 5.69 Å². The van der Waals surface area contributed by atoms with E-state index in [4.69, 9.17) is 4.74 Å². The van der Waals surface area contributed by atoms with Crippen LogP contribution in [0.25, 0.3) is 0 Å². The van der Waals surface area contributed by atoms with E-state index in [-0.39, 0.29) is 12.0 Å². The van der Waals surface area contributed by atoms with Crippen molar-refractivity contribution in [2.45, 2.75) is 26.4 Å². The fourth-order valence-corrected chi connectivity index (χ4v) is 2.05. The minimum Gasteiger partial charge on any atom is -0.375 e. The molecule has 1 atom stereocenters. The molecule has 0 radical (unpaired) electrons. The molecular formula is C14H20N2O2. The number of benzene rings is 1. The first-order valence-corrected chi connectivity index (χ1v) is 6.35. The first-order chi connectivity index (χ1) is 8.66. The number of carbonyl (C=O) groups is 1. The van der Waals surface area contributed by atoms with Crippen molar-refractivity contribution in [1.82, 2.24) is 5.32 Å². The summed E-state index contributed by atoms with van der Waals surface area (Å²) >= 11 is 0. The van der Waals surface area contributed by atoms with E-state index in [2.05, 4.69) is 10.6 Å². The molecule has 1 unspecified atom stereocenters. The van der Waals surface area contributed by atoms with Crippen LogP contribution < -0.4 is 10.6 Å². The third-order valence-electron chi connectivity index (χ3n) is 3.30. The van der Waals surface area contributed by atoms with Crippen molar-refractivity contribution in [2.24, 2.45) is 0 Å². The zero-order chi connectivity index (χ0) is 13.0. The summed E-state index contributed by atoms with van der Waals surface area (Å²) in [5.74, 6) is 0.0115. The predicted octanol–water partition coefficient (Wildman–Crippen LogP) is 1.62. The maximum atomic E-state index is 11.9. The molecule has 1 saturated heterocycles. The van der Waals surface area contributed by atoms with E-state index in [1.54, 1.807) is 0 Å². The first kappa shape index (κ1) is 13.1. The zero-order valence-corrected chi connectivity index (χ0v) is 11.0. The maximum absolute atomic E-state index is 11.9. The highest BCUT2D eigenvalue weighted by Crippen LogP contribution is 2.18. The highest BCUT2D eigenvalue weighted by molar-refractivity contribution is 5.92. The van der Waals surface area contributed by atoms with Gasteiger partial charge in [-0.25, -0.2) is 0 Å². The Bertz CT molecular complexity index is 426. The Balaban J connectivity index is 1.92. The van der Waals surface area contributed by atoms with Gasteiger partial charge >= 0.3 is 0 Å². The minimum absolute atomic E-state index is 0.0103. The molecule has 4 nitrogen and oxygen atoms in total. The number of nitrogens with one attached hydrogen (secondary N) is 2. The van der Waals surface area contributed by atoms with Gasteiger partial charge in [0.2, 0.25) is 5.91 Å². The number of aryl methyl sites for hydroxylation is 1. The van der Waals surface area contributed by atoms with Crippen molar-refractivity contribution in [3.8, 4) is 0 Å². The Hall–Kier alpha value is -1.39. The number of hydrogen-bond acceptors (Lipinski definition) is 3. The lowest BCUT2D eigenvalue weighted by atomic mass is 10.1. The van der Waals surface area contributed by atoms with Crippen molar-refractivity contribution in [2.75, 3.05) is 25.0 Å². The van der Waals surface area contributed by atoms with Crippen LogP contribution in [0, 0.1) is 13.8 Å². The third kappa shape index (κ3) is 3.31. The van der Waals surface area contributed by atoms with Gasteiger partial charge in [0, 0.05) is 18.8 Å². The number of ether oxygens (including phenoxy) is 1. The molecule has 0 aliphatic carbocycles. The largest absolute Gasteiger partial charge is 0.375 e. The lowest BCUT2D eigenvalue weighted by Gasteiger charge is -2.23. The van der Waals surface area contributed by atoms with Crippen LogP contribution in [0.2, 0.25) is 0 Å². The molecule has 1 heterocycles. The highest BCUT2D eigenvalue weighted by atomic mass is 16.5. The molecule has 1 fully saturated rings. The van der Waals surface area contributed by atoms with Gasteiger partial charge in [-0.15, -0.1) is 0 Å². The standard InChI is InChI=1S/C14H20N2O2/c1-10-4-3-5-13(11(10)2)16-14(17)8-12-9-15-6-7-18-12/h3-5,12,15H,6-9H2,1-2H3,(H,16,17). The molecule has 0 aromatic heterocycles. The second kappa shape index (κ2) is 5.98. The second-order valence-corrected chi connectivity index (χ2v) is 4.70. The molecule has 1 aromatic carbocycles. The van der Waals surface area contributed by atoms with Gasteiger partial charge in [0.05, 0.1) is 19.1 Å². The van der Waals surface area contributed by atoms with Gasteiger partial charge in [-0.2, -0.15) is 0 Å². The van der Waals surface area contributed by atoms with Crippen molar-refractivity contribution in [1.29, 1.82) is 0 Å². The monoisotopic (exact) mass is 248 g/mol. The van der Waals surface area contributed by atoms with Gasteiger partial charge in [0.25, 0.3) is 0 Å². The smallest absolute Gasteiger partial charge is 0.227 e. The van der Waals surface area contributed by atoms with Crippen LogP contribution in [0.5, 0.6) is 0 Å². The van der Waals surface area contributed by atoms with Gasteiger partial charge in [-0.05, 0) is 31.0 Å². The summed E-state index contributed by atoms with van der Waals surface area (Å²) < 4.78 is 5.52. The van der Waals surface area contributed by atoms with Gasteiger partial charge in [0.15, 0.2) is 0 Å². The highest BCUT2D eigenvalue weighted by Gasteiger charge is 2.17. The predicted molar refractivity (Wildman–Crippen MR) is 71.8 cm³/mol. The quantitative estimate of drug-likeness (QED) is 0.854. The Morgan fingerprint density at radius 1 is 1.50 bits per heavy atom. The van der Waals surface area contributed by atoms with E-state index in [1.165, 1.54) is 5.56 Å². The molecule has 1 aliphatic rings. The molecule has 0 bridgehead atoms. The van der Waals surface area contributed by atoms with Crippen molar-refractivity contribution < 1.29 is 9.53 Å². The number of morpholine rings is 1. The van der Waals surface area contributed by atoms with E-state index in [0.717, 1.165) is 24.3 Å². The summed E-state index contributed by atoms with van der Waals surface area (Å²) in [5, 5.41) is 6.17. The number of rotatable bonds is 3. The van der Waals surface area contributed by atoms with E-state index >= 15 is 0 Å². The van der Waals surface area contributed by atoms with Crippen LogP contribution in [0.1, 0.15) is 17.5 Å². The Kier molecular flexibility index (Phi) is 4.33. The molecule has 1 aromatic rings. The summed E-state index contributed by atoms with van der Waals surface area (Å²) in [6.45, 7) is 6.36. The molecule has 0 spiro atoms. The first-order valence-electron chi connectivity index (χ1n) is 6.35. The molecule has 1 amide bonds. The molecule has 98 valence electrons. The normalized spacial score (nSPS) is 19.6. The van der Waals surface area contributed by atoms with E-state index in [9.17, 15) is 4.79 Å². The molecule has 2 rings (SSSR count). The summed E-state index contributed by atoms with van der Waals surface area (Å²) in [5.41, 5.74) is 3.20. The molecule has 4 heteroatoms. The SMILES string of the molecule is Cc1cccc(NC(=O)CC2CNCCO2)c1C. The average Bonchev–Trinajstić information content (AvgIpc) is 2.36. The average molecular weight is 248 g/mol. The molecule has 2 N–H and O–H groups in total. The van der Waals surface area contributed by atoms with Crippen molar-refractivity contribution in [3.63, 3.8) is 0 Å². The third-order valence-corrected chi connectivity index (χ3v) is 3.30. The molecule has 18 heavy (non-hydrogen) atoms. The van der Waals surface area contributed by atoms with Crippen LogP contribution in [-0.4, -0.2) is 31.7 Å². The van der Waals surface area contributed by atoms with E-state index in [0.29, 0.717) is 13.0 Å². The fourth-order valence-electron chi connectivity index (χ4n) is 2.05. The van der Waals surface area contributed by atoms with Crippen molar-refractivity contribution >= 4 is 11.6 Å². The van der Waals surface area contributed by atoms with E-state index < -0.39 is 0 Å². The summed E-state index contributed by atoms with van der Waals surface area (Å²) in [6.07, 6.45) is 0.393. The Morgan fingerprint density at radius 2 is 2.33 bits per heavy atom. The number of hydrogen-bond donors (Lipinski definition) is 2. The van der Waals surface area contributed by atoms with Crippen LogP contribution >= 0.6 is 0 Å². The topological polar surface area (TPSA) is 50.4 Å². The zero-order valence-electron chi connectivity index (χ0n) is 11.0. The van der Waals surface area contributed by atoms with Gasteiger partial charge < -0.3 is 15.4 Å². The van der Waals surface area contributed by atoms with Gasteiger partial charge in [0.1, 0.15) is 0 Å². The number of anilines is 1. The minimum atomic E-state index is -0.0103. The number of amides is 1. The maximum Gasteiger partial charge on any atom is 0.227 e. The fraction of sp³-hybridized carbons (Fsp3) is 0.500. The Morgan fingerprint density at radius 3 is 3.06 bits per heavy atom. The van der Waals surface area contributed by atoms with Crippen LogP contribution in [0.15, 0.2) is 18.2 Å².